The largest absolute Gasteiger partial charge is 0.280 e. The third-order valence-electron chi connectivity index (χ3n) is 3.26. The number of anilines is 1. The van der Waals surface area contributed by atoms with Crippen LogP contribution in [0.25, 0.3) is 11.3 Å². The molecule has 1 amide bonds. The van der Waals surface area contributed by atoms with E-state index in [2.05, 4.69) is 16.5 Å². The molecule has 4 nitrogen and oxygen atoms in total. The van der Waals surface area contributed by atoms with Crippen LogP contribution in [0.4, 0.5) is 5.13 Å². The van der Waals surface area contributed by atoms with Crippen molar-refractivity contribution >= 4 is 22.4 Å². The van der Waals surface area contributed by atoms with Crippen molar-refractivity contribution in [2.45, 2.75) is 0 Å². The summed E-state index contributed by atoms with van der Waals surface area (Å²) in [5, 5.41) is 2.61. The van der Waals surface area contributed by atoms with E-state index in [9.17, 15) is 4.79 Å². The Labute approximate surface area is 138 Å². The zero-order chi connectivity index (χ0) is 16.1. The lowest BCUT2D eigenvalue weighted by Gasteiger charge is -2.17. The molecule has 0 unspecified atom stereocenters. The van der Waals surface area contributed by atoms with E-state index < -0.39 is 0 Å². The average Bonchev–Trinajstić information content (AvgIpc) is 3.10. The molecule has 1 aromatic carbocycles. The number of carbonyl (C=O) groups excluding carboxylic acids is 1. The summed E-state index contributed by atoms with van der Waals surface area (Å²) in [5.41, 5.74) is 2.42. The minimum absolute atomic E-state index is 0.132. The third kappa shape index (κ3) is 3.35. The van der Waals surface area contributed by atoms with Crippen LogP contribution in [0.15, 0.2) is 72.9 Å². The van der Waals surface area contributed by atoms with Gasteiger partial charge >= 0.3 is 0 Å². The highest BCUT2D eigenvalue weighted by atomic mass is 32.1. The molecule has 0 saturated heterocycles. The quantitative estimate of drug-likeness (QED) is 0.666. The molecule has 2 heterocycles. The highest BCUT2D eigenvalue weighted by Gasteiger charge is 2.20. The summed E-state index contributed by atoms with van der Waals surface area (Å²) >= 11 is 1.44. The van der Waals surface area contributed by atoms with Gasteiger partial charge in [-0.1, -0.05) is 36.4 Å². The SMILES string of the molecule is C=CCN(C(=O)c1cccnc1)c1nc(-c2ccccc2)cs1. The molecule has 0 atom stereocenters. The lowest BCUT2D eigenvalue weighted by atomic mass is 10.2. The van der Waals surface area contributed by atoms with Gasteiger partial charge in [-0.3, -0.25) is 14.7 Å². The molecule has 5 heteroatoms. The van der Waals surface area contributed by atoms with Crippen molar-refractivity contribution in [3.8, 4) is 11.3 Å². The molecule has 0 aliphatic carbocycles. The number of amides is 1. The maximum Gasteiger partial charge on any atom is 0.261 e. The number of rotatable bonds is 5. The van der Waals surface area contributed by atoms with Crippen LogP contribution in [0, 0.1) is 0 Å². The molecule has 0 bridgehead atoms. The van der Waals surface area contributed by atoms with Gasteiger partial charge < -0.3 is 0 Å². The fourth-order valence-electron chi connectivity index (χ4n) is 2.15. The van der Waals surface area contributed by atoms with Gasteiger partial charge in [-0.05, 0) is 12.1 Å². The standard InChI is InChI=1S/C18H15N3OS/c1-2-11-21(17(22)15-9-6-10-19-12-15)18-20-16(13-23-18)14-7-4-3-5-8-14/h2-10,12-13H,1,11H2. The van der Waals surface area contributed by atoms with Crippen molar-refractivity contribution in [3.63, 3.8) is 0 Å². The predicted molar refractivity (Wildman–Crippen MR) is 93.7 cm³/mol. The Kier molecular flexibility index (Phi) is 4.59. The molecule has 0 radical (unpaired) electrons. The number of aromatic nitrogens is 2. The molecule has 2 aromatic heterocycles. The van der Waals surface area contributed by atoms with Crippen molar-refractivity contribution in [2.75, 3.05) is 11.4 Å². The smallest absolute Gasteiger partial charge is 0.261 e. The second-order valence-corrected chi connectivity index (χ2v) is 5.66. The molecule has 114 valence electrons. The van der Waals surface area contributed by atoms with Crippen molar-refractivity contribution in [1.82, 2.24) is 9.97 Å². The predicted octanol–water partition coefficient (Wildman–Crippen LogP) is 4.04. The zero-order valence-corrected chi connectivity index (χ0v) is 13.2. The van der Waals surface area contributed by atoms with E-state index in [0.717, 1.165) is 11.3 Å². The van der Waals surface area contributed by atoms with E-state index in [-0.39, 0.29) is 5.91 Å². The zero-order valence-electron chi connectivity index (χ0n) is 12.4. The summed E-state index contributed by atoms with van der Waals surface area (Å²) in [7, 11) is 0. The Morgan fingerprint density at radius 2 is 2.04 bits per heavy atom. The van der Waals surface area contributed by atoms with Crippen molar-refractivity contribution < 1.29 is 4.79 Å². The normalized spacial score (nSPS) is 10.3. The maximum atomic E-state index is 12.7. The number of benzene rings is 1. The first-order valence-electron chi connectivity index (χ1n) is 7.13. The molecule has 3 aromatic rings. The Morgan fingerprint density at radius 3 is 2.74 bits per heavy atom. The molecular formula is C18H15N3OS. The fraction of sp³-hybridized carbons (Fsp3) is 0.0556. The van der Waals surface area contributed by atoms with Gasteiger partial charge in [0.05, 0.1) is 11.3 Å². The van der Waals surface area contributed by atoms with Gasteiger partial charge in [-0.15, -0.1) is 17.9 Å². The Balaban J connectivity index is 1.92. The summed E-state index contributed by atoms with van der Waals surface area (Å²) in [6.45, 7) is 4.13. The van der Waals surface area contributed by atoms with E-state index in [4.69, 9.17) is 0 Å². The van der Waals surface area contributed by atoms with Crippen LogP contribution in [-0.2, 0) is 0 Å². The molecule has 23 heavy (non-hydrogen) atoms. The molecule has 0 aliphatic rings. The maximum absolute atomic E-state index is 12.7. The van der Waals surface area contributed by atoms with Crippen LogP contribution < -0.4 is 4.90 Å². The summed E-state index contributed by atoms with van der Waals surface area (Å²) in [6, 6.07) is 13.4. The molecule has 0 fully saturated rings. The van der Waals surface area contributed by atoms with Crippen LogP contribution in [0.3, 0.4) is 0 Å². The number of carbonyl (C=O) groups is 1. The van der Waals surface area contributed by atoms with Crippen LogP contribution in [0.1, 0.15) is 10.4 Å². The van der Waals surface area contributed by atoms with Crippen molar-refractivity contribution in [3.05, 3.63) is 78.5 Å². The number of pyridine rings is 1. The van der Waals surface area contributed by atoms with Crippen LogP contribution in [-0.4, -0.2) is 22.4 Å². The first kappa shape index (κ1) is 15.1. The summed E-state index contributed by atoms with van der Waals surface area (Å²) in [4.78, 5) is 22.9. The molecule has 3 rings (SSSR count). The monoisotopic (exact) mass is 321 g/mol. The van der Waals surface area contributed by atoms with Gasteiger partial charge in [0.2, 0.25) is 0 Å². The van der Waals surface area contributed by atoms with Crippen LogP contribution in [0.5, 0.6) is 0 Å². The first-order valence-corrected chi connectivity index (χ1v) is 8.01. The van der Waals surface area contributed by atoms with E-state index in [1.165, 1.54) is 11.3 Å². The molecular weight excluding hydrogens is 306 g/mol. The molecule has 0 aliphatic heterocycles. The number of hydrogen-bond donors (Lipinski definition) is 0. The minimum Gasteiger partial charge on any atom is -0.280 e. The second-order valence-electron chi connectivity index (χ2n) is 4.83. The van der Waals surface area contributed by atoms with E-state index in [1.807, 2.05) is 35.7 Å². The number of thiazole rings is 1. The van der Waals surface area contributed by atoms with Gasteiger partial charge in [0.25, 0.3) is 5.91 Å². The van der Waals surface area contributed by atoms with E-state index in [1.54, 1.807) is 35.5 Å². The van der Waals surface area contributed by atoms with Gasteiger partial charge in [-0.25, -0.2) is 4.98 Å². The summed E-state index contributed by atoms with van der Waals surface area (Å²) < 4.78 is 0. The summed E-state index contributed by atoms with van der Waals surface area (Å²) in [5.74, 6) is -0.132. The lowest BCUT2D eigenvalue weighted by Crippen LogP contribution is -2.31. The highest BCUT2D eigenvalue weighted by Crippen LogP contribution is 2.28. The topological polar surface area (TPSA) is 46.1 Å². The third-order valence-corrected chi connectivity index (χ3v) is 4.12. The average molecular weight is 321 g/mol. The summed E-state index contributed by atoms with van der Waals surface area (Å²) in [6.07, 6.45) is 4.90. The van der Waals surface area contributed by atoms with Gasteiger partial charge in [0, 0.05) is 29.9 Å². The minimum atomic E-state index is -0.132. The van der Waals surface area contributed by atoms with Crippen molar-refractivity contribution in [2.24, 2.45) is 0 Å². The fourth-order valence-corrected chi connectivity index (χ4v) is 2.99. The Bertz CT molecular complexity index is 799. The molecule has 0 saturated carbocycles. The highest BCUT2D eigenvalue weighted by molar-refractivity contribution is 7.14. The lowest BCUT2D eigenvalue weighted by molar-refractivity contribution is 0.0989. The van der Waals surface area contributed by atoms with Gasteiger partial charge in [0.1, 0.15) is 0 Å². The van der Waals surface area contributed by atoms with Gasteiger partial charge in [0.15, 0.2) is 5.13 Å². The van der Waals surface area contributed by atoms with Crippen LogP contribution in [0.2, 0.25) is 0 Å². The van der Waals surface area contributed by atoms with Crippen molar-refractivity contribution in [1.29, 1.82) is 0 Å². The Morgan fingerprint density at radius 1 is 1.22 bits per heavy atom. The first-order chi connectivity index (χ1) is 11.3. The van der Waals surface area contributed by atoms with Gasteiger partial charge in [-0.2, -0.15) is 0 Å². The molecule has 0 N–H and O–H groups in total. The van der Waals surface area contributed by atoms with E-state index >= 15 is 0 Å². The number of hydrogen-bond acceptors (Lipinski definition) is 4. The second kappa shape index (κ2) is 6.98. The Hall–Kier alpha value is -2.79. The number of nitrogens with zero attached hydrogens (tertiary/aromatic N) is 3. The van der Waals surface area contributed by atoms with E-state index in [0.29, 0.717) is 17.2 Å². The molecule has 0 spiro atoms. The van der Waals surface area contributed by atoms with Crippen LogP contribution >= 0.6 is 11.3 Å².